The molecule has 2 aliphatic carbocycles. The Morgan fingerprint density at radius 2 is 2.15 bits per heavy atom. The first-order chi connectivity index (χ1) is 6.33. The minimum absolute atomic E-state index is 0.867. The molecule has 3 rings (SSSR count). The van der Waals surface area contributed by atoms with Crippen LogP contribution in [0.15, 0.2) is 11.6 Å². The molecule has 3 heteroatoms. The number of hydrogen-bond donors (Lipinski definition) is 0. The van der Waals surface area contributed by atoms with Crippen molar-refractivity contribution in [2.75, 3.05) is 0 Å². The third kappa shape index (κ3) is 1.39. The van der Waals surface area contributed by atoms with Crippen LogP contribution in [-0.4, -0.2) is 10.2 Å². The summed E-state index contributed by atoms with van der Waals surface area (Å²) in [7, 11) is 0. The minimum Gasteiger partial charge on any atom is -0.154 e. The van der Waals surface area contributed by atoms with Gasteiger partial charge in [0.25, 0.3) is 0 Å². The van der Waals surface area contributed by atoms with Gasteiger partial charge in [0.2, 0.25) is 0 Å². The first kappa shape index (κ1) is 7.91. The largest absolute Gasteiger partial charge is 0.154 e. The van der Waals surface area contributed by atoms with E-state index in [0.29, 0.717) is 0 Å². The lowest BCUT2D eigenvalue weighted by Crippen LogP contribution is -1.95. The fraction of sp³-hybridized carbons (Fsp3) is 0.400. The monoisotopic (exact) mass is 284 g/mol. The molecule has 0 amide bonds. The highest BCUT2D eigenvalue weighted by atomic mass is 127. The Morgan fingerprint density at radius 3 is 2.92 bits per heavy atom. The highest BCUT2D eigenvalue weighted by molar-refractivity contribution is 14.1. The molecule has 0 N–H and O–H groups in total. The van der Waals surface area contributed by atoms with Crippen LogP contribution in [0.2, 0.25) is 0 Å². The van der Waals surface area contributed by atoms with Gasteiger partial charge in [0.15, 0.2) is 0 Å². The Morgan fingerprint density at radius 1 is 1.31 bits per heavy atom. The number of nitrogens with zero attached hydrogens (tertiary/aromatic N) is 2. The summed E-state index contributed by atoms with van der Waals surface area (Å²) >= 11 is 2.21. The fourth-order valence-electron chi connectivity index (χ4n) is 1.83. The van der Waals surface area contributed by atoms with E-state index in [9.17, 15) is 0 Å². The summed E-state index contributed by atoms with van der Waals surface area (Å²) in [4.78, 5) is 0. The summed E-state index contributed by atoms with van der Waals surface area (Å²) in [6.07, 6.45) is 6.11. The average molecular weight is 284 g/mol. The van der Waals surface area contributed by atoms with Crippen molar-refractivity contribution < 1.29 is 0 Å². The zero-order valence-corrected chi connectivity index (χ0v) is 9.28. The molecule has 13 heavy (non-hydrogen) atoms. The topological polar surface area (TPSA) is 25.8 Å². The molecule has 1 aromatic heterocycles. The second-order valence-electron chi connectivity index (χ2n) is 3.74. The van der Waals surface area contributed by atoms with Gasteiger partial charge in [-0.25, -0.2) is 0 Å². The number of halogens is 1. The first-order valence-corrected chi connectivity index (χ1v) is 5.63. The zero-order chi connectivity index (χ0) is 8.84. The number of fused-ring (bicyclic) bond motifs is 1. The van der Waals surface area contributed by atoms with Crippen LogP contribution in [0.4, 0.5) is 0 Å². The van der Waals surface area contributed by atoms with E-state index in [0.717, 1.165) is 16.0 Å². The Kier molecular flexibility index (Phi) is 1.68. The molecule has 66 valence electrons. The van der Waals surface area contributed by atoms with Gasteiger partial charge in [0.1, 0.15) is 3.70 Å². The predicted octanol–water partition coefficient (Wildman–Crippen LogP) is 2.43. The molecule has 0 aromatic carbocycles. The van der Waals surface area contributed by atoms with Crippen LogP contribution in [0.1, 0.15) is 24.1 Å². The summed E-state index contributed by atoms with van der Waals surface area (Å²) in [5.41, 5.74) is 4.04. The summed E-state index contributed by atoms with van der Waals surface area (Å²) in [5.74, 6) is 0.867. The zero-order valence-electron chi connectivity index (χ0n) is 7.13. The molecule has 0 spiro atoms. The molecule has 0 bridgehead atoms. The van der Waals surface area contributed by atoms with Crippen molar-refractivity contribution in [3.8, 4) is 0 Å². The summed E-state index contributed by atoms with van der Waals surface area (Å²) in [5, 5.41) is 8.28. The van der Waals surface area contributed by atoms with Crippen LogP contribution in [0.5, 0.6) is 0 Å². The molecule has 2 aliphatic rings. The van der Waals surface area contributed by atoms with Gasteiger partial charge in [-0.3, -0.25) is 0 Å². The van der Waals surface area contributed by atoms with Gasteiger partial charge in [-0.1, -0.05) is 11.6 Å². The van der Waals surface area contributed by atoms with Gasteiger partial charge in [0, 0.05) is 12.0 Å². The summed E-state index contributed by atoms with van der Waals surface area (Å²) < 4.78 is 0.990. The standard InChI is InChI=1S/C10H9IN2/c11-10-5-8-3-7(6-1-2-6)4-9(8)12-13-10/h3,5-6H,1-2,4H2. The smallest absolute Gasteiger partial charge is 0.124 e. The van der Waals surface area contributed by atoms with Crippen molar-refractivity contribution in [3.63, 3.8) is 0 Å². The Bertz CT molecular complexity index is 394. The molecule has 1 aromatic rings. The molecule has 0 unspecified atom stereocenters. The number of rotatable bonds is 1. The van der Waals surface area contributed by atoms with Gasteiger partial charge < -0.3 is 0 Å². The van der Waals surface area contributed by atoms with E-state index in [4.69, 9.17) is 0 Å². The van der Waals surface area contributed by atoms with Gasteiger partial charge in [-0.15, -0.1) is 5.10 Å². The van der Waals surface area contributed by atoms with Crippen molar-refractivity contribution in [1.82, 2.24) is 10.2 Å². The SMILES string of the molecule is Ic1cc2c(nn1)CC(C1CC1)=C2. The fourth-order valence-corrected chi connectivity index (χ4v) is 2.27. The van der Waals surface area contributed by atoms with E-state index in [1.54, 1.807) is 5.57 Å². The number of hydrogen-bond acceptors (Lipinski definition) is 2. The Labute approximate surface area is 90.6 Å². The maximum atomic E-state index is 4.21. The maximum absolute atomic E-state index is 4.21. The lowest BCUT2D eigenvalue weighted by molar-refractivity contribution is 0.885. The van der Waals surface area contributed by atoms with E-state index in [1.807, 2.05) is 0 Å². The van der Waals surface area contributed by atoms with Crippen LogP contribution in [0.25, 0.3) is 6.08 Å². The van der Waals surface area contributed by atoms with Crippen LogP contribution >= 0.6 is 22.6 Å². The number of aromatic nitrogens is 2. The Hall–Kier alpha value is -0.450. The quantitative estimate of drug-likeness (QED) is 0.740. The van der Waals surface area contributed by atoms with Crippen molar-refractivity contribution in [2.24, 2.45) is 5.92 Å². The third-order valence-corrected chi connectivity index (χ3v) is 3.22. The highest BCUT2D eigenvalue weighted by Crippen LogP contribution is 2.41. The van der Waals surface area contributed by atoms with Crippen molar-refractivity contribution >= 4 is 28.7 Å². The van der Waals surface area contributed by atoms with E-state index >= 15 is 0 Å². The van der Waals surface area contributed by atoms with Crippen LogP contribution in [0, 0.1) is 9.62 Å². The molecule has 0 atom stereocenters. The summed E-state index contributed by atoms with van der Waals surface area (Å²) in [6, 6.07) is 2.12. The lowest BCUT2D eigenvalue weighted by atomic mass is 10.1. The van der Waals surface area contributed by atoms with Gasteiger partial charge in [0.05, 0.1) is 5.69 Å². The molecule has 1 fully saturated rings. The van der Waals surface area contributed by atoms with Crippen molar-refractivity contribution in [1.29, 1.82) is 0 Å². The lowest BCUT2D eigenvalue weighted by Gasteiger charge is -1.96. The van der Waals surface area contributed by atoms with E-state index < -0.39 is 0 Å². The van der Waals surface area contributed by atoms with Gasteiger partial charge in [-0.05, 0) is 47.4 Å². The minimum atomic E-state index is 0.867. The normalized spacial score (nSPS) is 19.9. The highest BCUT2D eigenvalue weighted by Gasteiger charge is 2.29. The van der Waals surface area contributed by atoms with Crippen molar-refractivity contribution in [3.05, 3.63) is 26.6 Å². The molecule has 1 saturated carbocycles. The Balaban J connectivity index is 2.00. The second-order valence-corrected chi connectivity index (χ2v) is 4.84. The molecule has 0 radical (unpaired) electrons. The third-order valence-electron chi connectivity index (χ3n) is 2.69. The van der Waals surface area contributed by atoms with Crippen molar-refractivity contribution in [2.45, 2.75) is 19.3 Å². The van der Waals surface area contributed by atoms with Crippen LogP contribution in [-0.2, 0) is 6.42 Å². The molecule has 0 saturated heterocycles. The van der Waals surface area contributed by atoms with E-state index in [2.05, 4.69) is 44.9 Å². The number of allylic oxidation sites excluding steroid dienone is 1. The molecular weight excluding hydrogens is 275 g/mol. The van der Waals surface area contributed by atoms with E-state index in [1.165, 1.54) is 24.1 Å². The van der Waals surface area contributed by atoms with E-state index in [-0.39, 0.29) is 0 Å². The molecular formula is C10H9IN2. The summed E-state index contributed by atoms with van der Waals surface area (Å²) in [6.45, 7) is 0. The maximum Gasteiger partial charge on any atom is 0.124 e. The second kappa shape index (κ2) is 2.77. The predicted molar refractivity (Wildman–Crippen MR) is 59.2 cm³/mol. The average Bonchev–Trinajstić information content (AvgIpc) is 2.87. The van der Waals surface area contributed by atoms with Crippen LogP contribution < -0.4 is 0 Å². The first-order valence-electron chi connectivity index (χ1n) is 4.55. The van der Waals surface area contributed by atoms with Gasteiger partial charge in [-0.2, -0.15) is 5.10 Å². The molecule has 0 aliphatic heterocycles. The van der Waals surface area contributed by atoms with Crippen LogP contribution in [0.3, 0.4) is 0 Å². The molecule has 2 nitrogen and oxygen atoms in total. The molecule has 1 heterocycles. The van der Waals surface area contributed by atoms with Gasteiger partial charge >= 0.3 is 0 Å².